The van der Waals surface area contributed by atoms with Crippen LogP contribution >= 0.6 is 0 Å². The van der Waals surface area contributed by atoms with Gasteiger partial charge in [-0.15, -0.1) is 0 Å². The third-order valence-electron chi connectivity index (χ3n) is 3.93. The Morgan fingerprint density at radius 2 is 2.00 bits per heavy atom. The number of rotatable bonds is 9. The predicted octanol–water partition coefficient (Wildman–Crippen LogP) is 5.35. The highest BCUT2D eigenvalue weighted by Crippen LogP contribution is 2.32. The van der Waals surface area contributed by atoms with Crippen LogP contribution in [0.1, 0.15) is 77.3 Å². The zero-order valence-corrected chi connectivity index (χ0v) is 12.2. The van der Waals surface area contributed by atoms with Gasteiger partial charge in [0.15, 0.2) is 0 Å². The number of unbranched alkanes of at least 4 members (excludes halogenated alkanes) is 4. The lowest BCUT2D eigenvalue weighted by molar-refractivity contribution is 0.383. The van der Waals surface area contributed by atoms with Gasteiger partial charge >= 0.3 is 0 Å². The molecule has 1 aromatic rings. The first-order valence-electron chi connectivity index (χ1n) is 7.24. The summed E-state index contributed by atoms with van der Waals surface area (Å²) in [5, 5.41) is 0. The van der Waals surface area contributed by atoms with E-state index in [9.17, 15) is 0 Å². The van der Waals surface area contributed by atoms with Gasteiger partial charge in [-0.1, -0.05) is 59.5 Å². The molecule has 0 aliphatic heterocycles. The Hall–Kier alpha value is -1.05. The van der Waals surface area contributed by atoms with Crippen LogP contribution in [0, 0.1) is 0 Å². The van der Waals surface area contributed by atoms with E-state index in [0.717, 1.165) is 12.1 Å². The molecule has 0 aliphatic carbocycles. The maximum Gasteiger partial charge on any atom is 0.218 e. The molecule has 0 aliphatic rings. The summed E-state index contributed by atoms with van der Waals surface area (Å²) in [5.41, 5.74) is 1.23. The molecule has 0 amide bonds. The summed E-state index contributed by atoms with van der Waals surface area (Å²) in [7, 11) is 0. The quantitative estimate of drug-likeness (QED) is 0.552. The summed E-state index contributed by atoms with van der Waals surface area (Å²) in [5.74, 6) is 0.635. The monoisotopic (exact) mass is 249 g/mol. The van der Waals surface area contributed by atoms with E-state index in [1.807, 2.05) is 0 Å². The summed E-state index contributed by atoms with van der Waals surface area (Å²) in [6.07, 6.45) is 12.4. The molecule has 102 valence electrons. The number of hydrogen-bond acceptors (Lipinski definition) is 2. The minimum Gasteiger partial charge on any atom is -0.445 e. The van der Waals surface area contributed by atoms with Crippen molar-refractivity contribution in [1.29, 1.82) is 0 Å². The van der Waals surface area contributed by atoms with Crippen LogP contribution in [0.3, 0.4) is 0 Å². The number of nitrogens with zero attached hydrogens (tertiary/aromatic N) is 1. The van der Waals surface area contributed by atoms with Gasteiger partial charge < -0.3 is 4.42 Å². The smallest absolute Gasteiger partial charge is 0.218 e. The summed E-state index contributed by atoms with van der Waals surface area (Å²) in [6, 6.07) is 0. The molecule has 0 N–H and O–H groups in total. The van der Waals surface area contributed by atoms with Crippen molar-refractivity contribution in [3.8, 4) is 0 Å². The first-order chi connectivity index (χ1) is 8.66. The Morgan fingerprint density at radius 1 is 1.28 bits per heavy atom. The summed E-state index contributed by atoms with van der Waals surface area (Å²) in [4.78, 5) is 4.50. The van der Waals surface area contributed by atoms with Crippen molar-refractivity contribution in [2.24, 2.45) is 0 Å². The lowest BCUT2D eigenvalue weighted by Crippen LogP contribution is -2.21. The zero-order valence-electron chi connectivity index (χ0n) is 12.2. The highest BCUT2D eigenvalue weighted by atomic mass is 16.3. The maximum atomic E-state index is 5.38. The molecule has 0 fully saturated rings. The molecule has 1 rings (SSSR count). The highest BCUT2D eigenvalue weighted by molar-refractivity contribution is 5.34. The van der Waals surface area contributed by atoms with Crippen molar-refractivity contribution in [1.82, 2.24) is 4.98 Å². The lowest BCUT2D eigenvalue weighted by Gasteiger charge is -2.25. The Kier molecular flexibility index (Phi) is 6.17. The molecular weight excluding hydrogens is 222 g/mol. The van der Waals surface area contributed by atoms with Crippen LogP contribution in [0.15, 0.2) is 17.3 Å². The first-order valence-corrected chi connectivity index (χ1v) is 7.24. The Balaban J connectivity index is 2.53. The molecule has 0 saturated heterocycles. The van der Waals surface area contributed by atoms with Crippen molar-refractivity contribution in [2.75, 3.05) is 0 Å². The van der Waals surface area contributed by atoms with Crippen LogP contribution in [-0.4, -0.2) is 4.98 Å². The van der Waals surface area contributed by atoms with E-state index in [2.05, 4.69) is 32.3 Å². The molecule has 1 heterocycles. The molecule has 1 unspecified atom stereocenters. The van der Waals surface area contributed by atoms with E-state index in [1.165, 1.54) is 38.5 Å². The van der Waals surface area contributed by atoms with Crippen LogP contribution in [-0.2, 0) is 5.41 Å². The molecule has 0 spiro atoms. The van der Waals surface area contributed by atoms with Gasteiger partial charge in [-0.05, 0) is 18.9 Å². The van der Waals surface area contributed by atoms with E-state index < -0.39 is 0 Å². The SMILES string of the molecule is C=Cc1nc(C(C)(CC)CCCCCCC)co1. The standard InChI is InChI=1S/C16H27NO/c1-5-8-9-10-11-12-16(4,7-3)14-13-18-15(6-2)17-14/h6,13H,2,5,7-12H2,1,3-4H3. The molecule has 0 radical (unpaired) electrons. The number of oxazole rings is 1. The maximum absolute atomic E-state index is 5.38. The zero-order chi connectivity index (χ0) is 13.4. The van der Waals surface area contributed by atoms with Crippen LogP contribution in [0.25, 0.3) is 6.08 Å². The van der Waals surface area contributed by atoms with Crippen LogP contribution < -0.4 is 0 Å². The molecule has 0 bridgehead atoms. The molecule has 1 aromatic heterocycles. The Bertz CT molecular complexity index is 356. The molecule has 2 heteroatoms. The van der Waals surface area contributed by atoms with Crippen LogP contribution in [0.4, 0.5) is 0 Å². The molecule has 0 aromatic carbocycles. The van der Waals surface area contributed by atoms with Crippen molar-refractivity contribution in [3.05, 3.63) is 24.4 Å². The van der Waals surface area contributed by atoms with Gasteiger partial charge in [-0.2, -0.15) is 0 Å². The van der Waals surface area contributed by atoms with Crippen LogP contribution in [0.5, 0.6) is 0 Å². The minimum atomic E-state index is 0.150. The van der Waals surface area contributed by atoms with Crippen molar-refractivity contribution >= 4 is 6.08 Å². The molecule has 2 nitrogen and oxygen atoms in total. The van der Waals surface area contributed by atoms with E-state index >= 15 is 0 Å². The molecule has 0 saturated carbocycles. The average molecular weight is 249 g/mol. The predicted molar refractivity (Wildman–Crippen MR) is 77.6 cm³/mol. The van der Waals surface area contributed by atoms with Gasteiger partial charge in [0.2, 0.25) is 5.89 Å². The van der Waals surface area contributed by atoms with Crippen LogP contribution in [0.2, 0.25) is 0 Å². The average Bonchev–Trinajstić information content (AvgIpc) is 2.87. The third kappa shape index (κ3) is 4.01. The lowest BCUT2D eigenvalue weighted by atomic mass is 9.79. The van der Waals surface area contributed by atoms with E-state index in [-0.39, 0.29) is 5.41 Å². The van der Waals surface area contributed by atoms with Gasteiger partial charge in [-0.3, -0.25) is 0 Å². The van der Waals surface area contributed by atoms with E-state index in [4.69, 9.17) is 4.42 Å². The van der Waals surface area contributed by atoms with Gasteiger partial charge in [0, 0.05) is 5.41 Å². The van der Waals surface area contributed by atoms with Crippen molar-refractivity contribution in [2.45, 2.75) is 71.1 Å². The molecular formula is C16H27NO. The highest BCUT2D eigenvalue weighted by Gasteiger charge is 2.27. The summed E-state index contributed by atoms with van der Waals surface area (Å²) >= 11 is 0. The fourth-order valence-electron chi connectivity index (χ4n) is 2.26. The van der Waals surface area contributed by atoms with Gasteiger partial charge in [0.05, 0.1) is 5.69 Å². The van der Waals surface area contributed by atoms with Gasteiger partial charge in [0.25, 0.3) is 0 Å². The summed E-state index contributed by atoms with van der Waals surface area (Å²) in [6.45, 7) is 10.5. The molecule has 18 heavy (non-hydrogen) atoms. The second kappa shape index (κ2) is 7.40. The second-order valence-electron chi connectivity index (χ2n) is 5.35. The van der Waals surface area contributed by atoms with E-state index in [1.54, 1.807) is 12.3 Å². The van der Waals surface area contributed by atoms with Crippen molar-refractivity contribution < 1.29 is 4.42 Å². The summed E-state index contributed by atoms with van der Waals surface area (Å²) < 4.78 is 5.38. The fraction of sp³-hybridized carbons (Fsp3) is 0.688. The second-order valence-corrected chi connectivity index (χ2v) is 5.35. The third-order valence-corrected chi connectivity index (χ3v) is 3.93. The normalized spacial score (nSPS) is 14.4. The Morgan fingerprint density at radius 3 is 2.56 bits per heavy atom. The van der Waals surface area contributed by atoms with Gasteiger partial charge in [0.1, 0.15) is 6.26 Å². The Labute approximate surface area is 112 Å². The number of aromatic nitrogens is 1. The number of hydrogen-bond donors (Lipinski definition) is 0. The van der Waals surface area contributed by atoms with Gasteiger partial charge in [-0.25, -0.2) is 4.98 Å². The first kappa shape index (κ1) is 15.0. The van der Waals surface area contributed by atoms with E-state index in [0.29, 0.717) is 5.89 Å². The largest absolute Gasteiger partial charge is 0.445 e. The van der Waals surface area contributed by atoms with Crippen molar-refractivity contribution in [3.63, 3.8) is 0 Å². The topological polar surface area (TPSA) is 26.0 Å². The minimum absolute atomic E-state index is 0.150. The molecule has 1 atom stereocenters. The fourth-order valence-corrected chi connectivity index (χ4v) is 2.26.